The smallest absolute Gasteiger partial charge is 0.136 e. The van der Waals surface area contributed by atoms with Crippen molar-refractivity contribution >= 4 is 77.1 Å². The van der Waals surface area contributed by atoms with Crippen molar-refractivity contribution in [1.82, 2.24) is 0 Å². The van der Waals surface area contributed by atoms with Crippen molar-refractivity contribution in [3.8, 4) is 33.4 Å². The summed E-state index contributed by atoms with van der Waals surface area (Å²) in [5.41, 5.74) is 9.02. The molecular weight excluding hydrogens is 547 g/mol. The van der Waals surface area contributed by atoms with Gasteiger partial charge in [-0.05, 0) is 77.8 Å². The molecule has 0 aliphatic carbocycles. The summed E-state index contributed by atoms with van der Waals surface area (Å²) < 4.78 is 2.73. The number of hydrogen-bond acceptors (Lipinski definition) is 1. The van der Waals surface area contributed by atoms with Crippen LogP contribution in [0, 0.1) is 0 Å². The number of fused-ring (bicyclic) bond motifs is 7. The van der Waals surface area contributed by atoms with Crippen LogP contribution in [0.3, 0.4) is 0 Å². The van der Waals surface area contributed by atoms with Crippen molar-refractivity contribution < 1.29 is 0 Å². The Balaban J connectivity index is 1.45. The molecule has 0 radical (unpaired) electrons. The van der Waals surface area contributed by atoms with E-state index in [0.717, 1.165) is 0 Å². The van der Waals surface area contributed by atoms with Crippen LogP contribution in [-0.4, -0.2) is 7.85 Å². The van der Waals surface area contributed by atoms with Gasteiger partial charge in [-0.1, -0.05) is 145 Å². The fraction of sp³-hybridized carbons (Fsp3) is 0. The maximum absolute atomic E-state index is 2.46. The predicted octanol–water partition coefficient (Wildman–Crippen LogP) is 10.8. The largest absolute Gasteiger partial charge is 0.142 e. The van der Waals surface area contributed by atoms with Gasteiger partial charge in [-0.3, -0.25) is 0 Å². The Labute approximate surface area is 261 Å². The third kappa shape index (κ3) is 3.71. The van der Waals surface area contributed by atoms with E-state index < -0.39 is 0 Å². The molecule has 1 heterocycles. The van der Waals surface area contributed by atoms with Gasteiger partial charge >= 0.3 is 0 Å². The second-order valence-corrected chi connectivity index (χ2v) is 12.7. The fourth-order valence-corrected chi connectivity index (χ4v) is 8.57. The van der Waals surface area contributed by atoms with E-state index in [2.05, 4.69) is 160 Å². The Morgan fingerprint density at radius 3 is 1.48 bits per heavy atom. The summed E-state index contributed by atoms with van der Waals surface area (Å²) >= 11 is 1.92. The number of rotatable bonds is 3. The molecule has 9 aromatic rings. The number of benzene rings is 8. The fourth-order valence-electron chi connectivity index (χ4n) is 7.35. The maximum Gasteiger partial charge on any atom is 0.142 e. The van der Waals surface area contributed by atoms with Crippen molar-refractivity contribution in [2.45, 2.75) is 0 Å². The second kappa shape index (κ2) is 9.94. The van der Waals surface area contributed by atoms with E-state index in [1.807, 2.05) is 11.3 Å². The molecule has 0 aliphatic heterocycles. The Hall–Kier alpha value is -5.18. The van der Waals surface area contributed by atoms with Gasteiger partial charge in [0.05, 0.1) is 0 Å². The Kier molecular flexibility index (Phi) is 5.72. The zero-order valence-electron chi connectivity index (χ0n) is 24.3. The molecule has 0 nitrogen and oxygen atoms in total. The third-order valence-corrected chi connectivity index (χ3v) is 10.5. The highest BCUT2D eigenvalue weighted by Gasteiger charge is 2.20. The summed E-state index contributed by atoms with van der Waals surface area (Å²) in [5, 5.41) is 10.5. The van der Waals surface area contributed by atoms with E-state index in [0.29, 0.717) is 0 Å². The molecule has 44 heavy (non-hydrogen) atoms. The molecule has 2 heteroatoms. The highest BCUT2D eigenvalue weighted by Crippen LogP contribution is 2.46. The molecule has 0 saturated carbocycles. The van der Waals surface area contributed by atoms with Gasteiger partial charge in [-0.15, -0.1) is 11.3 Å². The quantitative estimate of drug-likeness (QED) is 0.145. The van der Waals surface area contributed by atoms with Crippen LogP contribution in [0.5, 0.6) is 0 Å². The van der Waals surface area contributed by atoms with E-state index in [4.69, 9.17) is 0 Å². The molecule has 0 saturated heterocycles. The molecule has 0 N–H and O–H groups in total. The molecule has 1 aromatic heterocycles. The van der Waals surface area contributed by atoms with Crippen LogP contribution in [0.2, 0.25) is 0 Å². The topological polar surface area (TPSA) is 0 Å². The van der Waals surface area contributed by atoms with E-state index in [9.17, 15) is 0 Å². The number of hydrogen-bond donors (Lipinski definition) is 0. The number of thiophene rings is 1. The SMILES string of the molecule is Bc1c(-c2ccc3c(-c4ccccc4)c4ccccc4c(-c4ccccc4)c3c2)c2ccccc2c2c1sc1ccccc12. The van der Waals surface area contributed by atoms with Crippen LogP contribution in [0.15, 0.2) is 152 Å². The first-order valence-electron chi connectivity index (χ1n) is 15.2. The van der Waals surface area contributed by atoms with Crippen LogP contribution < -0.4 is 5.46 Å². The van der Waals surface area contributed by atoms with Crippen LogP contribution in [0.25, 0.3) is 85.9 Å². The zero-order chi connectivity index (χ0) is 29.2. The van der Waals surface area contributed by atoms with Crippen LogP contribution in [0.4, 0.5) is 0 Å². The van der Waals surface area contributed by atoms with Gasteiger partial charge in [0.2, 0.25) is 0 Å². The van der Waals surface area contributed by atoms with Crippen molar-refractivity contribution in [2.24, 2.45) is 0 Å². The average Bonchev–Trinajstić information content (AvgIpc) is 3.48. The molecule has 0 unspecified atom stereocenters. The van der Waals surface area contributed by atoms with Crippen molar-refractivity contribution in [3.63, 3.8) is 0 Å². The molecule has 0 fully saturated rings. The minimum absolute atomic E-state index is 1.24. The van der Waals surface area contributed by atoms with Gasteiger partial charge in [0.1, 0.15) is 7.85 Å². The Morgan fingerprint density at radius 1 is 0.364 bits per heavy atom. The van der Waals surface area contributed by atoms with E-state index >= 15 is 0 Å². The summed E-state index contributed by atoms with van der Waals surface area (Å²) in [6.07, 6.45) is 0. The van der Waals surface area contributed by atoms with Crippen LogP contribution in [-0.2, 0) is 0 Å². The molecule has 8 aromatic carbocycles. The molecule has 0 bridgehead atoms. The van der Waals surface area contributed by atoms with E-state index in [1.54, 1.807) is 0 Å². The first kappa shape index (κ1) is 25.3. The maximum atomic E-state index is 2.46. The highest BCUT2D eigenvalue weighted by atomic mass is 32.1. The Bertz CT molecular complexity index is 2540. The van der Waals surface area contributed by atoms with Gasteiger partial charge in [-0.2, -0.15) is 0 Å². The first-order chi connectivity index (χ1) is 21.8. The summed E-state index contributed by atoms with van der Waals surface area (Å²) in [5.74, 6) is 0. The summed E-state index contributed by atoms with van der Waals surface area (Å²) in [6.45, 7) is 0. The lowest BCUT2D eigenvalue weighted by Gasteiger charge is -2.20. The van der Waals surface area contributed by atoms with Gasteiger partial charge in [0, 0.05) is 20.2 Å². The minimum atomic E-state index is 1.24. The summed E-state index contributed by atoms with van der Waals surface area (Å²) in [4.78, 5) is 0. The van der Waals surface area contributed by atoms with Crippen molar-refractivity contribution in [3.05, 3.63) is 152 Å². The molecule has 0 amide bonds. The molecule has 0 aliphatic rings. The molecular formula is C42H27BS. The van der Waals surface area contributed by atoms with Gasteiger partial charge in [-0.25, -0.2) is 0 Å². The molecule has 204 valence electrons. The lowest BCUT2D eigenvalue weighted by atomic mass is 9.80. The molecule has 9 rings (SSSR count). The van der Waals surface area contributed by atoms with E-state index in [1.165, 1.54) is 91.3 Å². The third-order valence-electron chi connectivity index (χ3n) is 9.21. The average molecular weight is 575 g/mol. The minimum Gasteiger partial charge on any atom is -0.136 e. The van der Waals surface area contributed by atoms with Gasteiger partial charge in [0.15, 0.2) is 0 Å². The first-order valence-corrected chi connectivity index (χ1v) is 16.0. The van der Waals surface area contributed by atoms with Crippen molar-refractivity contribution in [1.29, 1.82) is 0 Å². The second-order valence-electron chi connectivity index (χ2n) is 11.6. The summed E-state index contributed by atoms with van der Waals surface area (Å²) in [7, 11) is 2.32. The predicted molar refractivity (Wildman–Crippen MR) is 196 cm³/mol. The van der Waals surface area contributed by atoms with Gasteiger partial charge in [0.25, 0.3) is 0 Å². The zero-order valence-corrected chi connectivity index (χ0v) is 25.2. The lowest BCUT2D eigenvalue weighted by molar-refractivity contribution is 1.65. The standard InChI is InChI=1S/C42H27BS/c43-41-39(31-19-9-10-20-32(31)40-34-21-11-12-22-36(34)44-42(40)41)28-23-24-33-35(25-28)38(27-15-5-2-6-16-27)30-18-8-7-17-29(30)37(33)26-13-3-1-4-14-26/h1-25H,43H2. The van der Waals surface area contributed by atoms with E-state index in [-0.39, 0.29) is 0 Å². The lowest BCUT2D eigenvalue weighted by Crippen LogP contribution is -2.08. The normalized spacial score (nSPS) is 11.7. The molecule has 0 atom stereocenters. The highest BCUT2D eigenvalue weighted by molar-refractivity contribution is 7.27. The van der Waals surface area contributed by atoms with Crippen molar-refractivity contribution in [2.75, 3.05) is 0 Å². The van der Waals surface area contributed by atoms with Crippen LogP contribution in [0.1, 0.15) is 0 Å². The monoisotopic (exact) mass is 574 g/mol. The van der Waals surface area contributed by atoms with Crippen LogP contribution >= 0.6 is 11.3 Å². The Morgan fingerprint density at radius 2 is 0.841 bits per heavy atom. The van der Waals surface area contributed by atoms with Gasteiger partial charge < -0.3 is 0 Å². The summed E-state index contributed by atoms with van der Waals surface area (Å²) in [6, 6.07) is 55.7. The molecule has 0 spiro atoms.